The fourth-order valence-electron chi connectivity index (χ4n) is 2.84. The second-order valence-corrected chi connectivity index (χ2v) is 7.31. The van der Waals surface area contributed by atoms with Crippen molar-refractivity contribution >= 4 is 34.3 Å². The minimum Gasteiger partial charge on any atom is -0.494 e. The zero-order valence-corrected chi connectivity index (χ0v) is 16.9. The summed E-state index contributed by atoms with van der Waals surface area (Å²) in [5, 5.41) is 13.9. The summed E-state index contributed by atoms with van der Waals surface area (Å²) in [7, 11) is 0. The van der Waals surface area contributed by atoms with E-state index in [2.05, 4.69) is 16.4 Å². The molecule has 0 aliphatic carbocycles. The van der Waals surface area contributed by atoms with Crippen molar-refractivity contribution < 1.29 is 9.53 Å². The van der Waals surface area contributed by atoms with Gasteiger partial charge in [-0.25, -0.2) is 4.98 Å². The second-order valence-electron chi connectivity index (χ2n) is 6.34. The first-order chi connectivity index (χ1) is 13.5. The van der Waals surface area contributed by atoms with Gasteiger partial charge in [-0.3, -0.25) is 4.79 Å². The molecule has 2 aromatic carbocycles. The predicted molar refractivity (Wildman–Crippen MR) is 113 cm³/mol. The monoisotopic (exact) mass is 391 g/mol. The molecule has 0 radical (unpaired) electrons. The summed E-state index contributed by atoms with van der Waals surface area (Å²) >= 11 is 1.27. The highest BCUT2D eigenvalue weighted by atomic mass is 32.2. The molecule has 0 aliphatic heterocycles. The Morgan fingerprint density at radius 1 is 1.18 bits per heavy atom. The Morgan fingerprint density at radius 3 is 2.57 bits per heavy atom. The van der Waals surface area contributed by atoms with Crippen molar-refractivity contribution in [1.29, 1.82) is 5.26 Å². The largest absolute Gasteiger partial charge is 0.494 e. The molecule has 0 fully saturated rings. The number of nitrogens with zero attached hydrogens (tertiary/aromatic N) is 2. The van der Waals surface area contributed by atoms with E-state index in [4.69, 9.17) is 4.74 Å². The molecular weight excluding hydrogens is 370 g/mol. The van der Waals surface area contributed by atoms with Gasteiger partial charge in [0.05, 0.1) is 23.4 Å². The number of amides is 1. The van der Waals surface area contributed by atoms with Crippen molar-refractivity contribution in [2.45, 2.75) is 25.8 Å². The van der Waals surface area contributed by atoms with E-state index in [1.807, 2.05) is 51.1 Å². The minimum absolute atomic E-state index is 0.152. The van der Waals surface area contributed by atoms with Crippen LogP contribution in [0.15, 0.2) is 47.5 Å². The molecule has 0 bridgehead atoms. The van der Waals surface area contributed by atoms with Crippen molar-refractivity contribution in [3.05, 3.63) is 59.2 Å². The van der Waals surface area contributed by atoms with Crippen molar-refractivity contribution in [2.24, 2.45) is 0 Å². The lowest BCUT2D eigenvalue weighted by Crippen LogP contribution is -2.14. The number of carbonyl (C=O) groups excluding carboxylic acids is 1. The van der Waals surface area contributed by atoms with Crippen LogP contribution < -0.4 is 10.1 Å². The zero-order valence-electron chi connectivity index (χ0n) is 16.1. The van der Waals surface area contributed by atoms with Gasteiger partial charge in [0.25, 0.3) is 0 Å². The van der Waals surface area contributed by atoms with Gasteiger partial charge in [0.1, 0.15) is 16.8 Å². The van der Waals surface area contributed by atoms with Gasteiger partial charge in [-0.2, -0.15) is 5.26 Å². The molecule has 0 unspecified atom stereocenters. The van der Waals surface area contributed by atoms with E-state index in [0.29, 0.717) is 22.9 Å². The summed E-state index contributed by atoms with van der Waals surface area (Å²) in [4.78, 5) is 17.0. The van der Waals surface area contributed by atoms with Crippen LogP contribution in [0.1, 0.15) is 23.6 Å². The van der Waals surface area contributed by atoms with Crippen LogP contribution in [-0.2, 0) is 4.79 Å². The standard InChI is InChI=1S/C22H21N3O2S/c1-4-27-18-9-7-17(8-10-18)24-20(26)13-28-22-16(12-23)11-19-14(2)5-6-15(3)21(19)25-22/h5-11H,4,13H2,1-3H3,(H,24,26). The van der Waals surface area contributed by atoms with Crippen LogP contribution in [0.5, 0.6) is 5.75 Å². The van der Waals surface area contributed by atoms with Gasteiger partial charge in [0.15, 0.2) is 0 Å². The van der Waals surface area contributed by atoms with Crippen LogP contribution in [-0.4, -0.2) is 23.3 Å². The third-order valence-electron chi connectivity index (χ3n) is 4.28. The molecule has 28 heavy (non-hydrogen) atoms. The van der Waals surface area contributed by atoms with Crippen molar-refractivity contribution in [2.75, 3.05) is 17.7 Å². The van der Waals surface area contributed by atoms with Gasteiger partial charge in [0, 0.05) is 11.1 Å². The summed E-state index contributed by atoms with van der Waals surface area (Å²) in [6, 6.07) is 15.3. The lowest BCUT2D eigenvalue weighted by molar-refractivity contribution is -0.113. The van der Waals surface area contributed by atoms with E-state index in [1.165, 1.54) is 11.8 Å². The molecule has 0 saturated carbocycles. The van der Waals surface area contributed by atoms with Crippen LogP contribution in [0.3, 0.4) is 0 Å². The summed E-state index contributed by atoms with van der Waals surface area (Å²) in [5.74, 6) is 0.783. The Kier molecular flexibility index (Phi) is 6.17. The molecule has 1 N–H and O–H groups in total. The Hall–Kier alpha value is -3.04. The van der Waals surface area contributed by atoms with E-state index in [1.54, 1.807) is 12.1 Å². The molecule has 5 nitrogen and oxygen atoms in total. The van der Waals surface area contributed by atoms with Gasteiger partial charge in [-0.1, -0.05) is 23.9 Å². The van der Waals surface area contributed by atoms with E-state index < -0.39 is 0 Å². The van der Waals surface area contributed by atoms with E-state index in [9.17, 15) is 10.1 Å². The summed E-state index contributed by atoms with van der Waals surface area (Å²) < 4.78 is 5.39. The zero-order chi connectivity index (χ0) is 20.1. The number of pyridine rings is 1. The molecule has 0 aliphatic rings. The predicted octanol–water partition coefficient (Wildman–Crippen LogP) is 4.85. The number of aryl methyl sites for hydroxylation is 2. The third-order valence-corrected chi connectivity index (χ3v) is 5.27. The van der Waals surface area contributed by atoms with Gasteiger partial charge >= 0.3 is 0 Å². The quantitative estimate of drug-likeness (QED) is 0.608. The number of ether oxygens (including phenoxy) is 1. The molecule has 0 saturated heterocycles. The Bertz CT molecular complexity index is 1060. The maximum absolute atomic E-state index is 12.3. The minimum atomic E-state index is -0.152. The number of anilines is 1. The number of thioether (sulfide) groups is 1. The molecule has 0 atom stereocenters. The average Bonchev–Trinajstić information content (AvgIpc) is 2.70. The number of aromatic nitrogens is 1. The van der Waals surface area contributed by atoms with Gasteiger partial charge in [-0.05, 0) is 62.2 Å². The lowest BCUT2D eigenvalue weighted by atomic mass is 10.0. The Morgan fingerprint density at radius 2 is 1.89 bits per heavy atom. The molecule has 1 heterocycles. The summed E-state index contributed by atoms with van der Waals surface area (Å²) in [6.45, 7) is 6.52. The maximum Gasteiger partial charge on any atom is 0.234 e. The van der Waals surface area contributed by atoms with Crippen LogP contribution in [0.2, 0.25) is 0 Å². The molecular formula is C22H21N3O2S. The highest BCUT2D eigenvalue weighted by molar-refractivity contribution is 8.00. The number of rotatable bonds is 6. The molecule has 3 aromatic rings. The molecule has 1 amide bonds. The SMILES string of the molecule is CCOc1ccc(NC(=O)CSc2nc3c(C)ccc(C)c3cc2C#N)cc1. The maximum atomic E-state index is 12.3. The van der Waals surface area contributed by atoms with Gasteiger partial charge in [-0.15, -0.1) is 0 Å². The number of fused-ring (bicyclic) bond motifs is 1. The highest BCUT2D eigenvalue weighted by Gasteiger charge is 2.12. The third kappa shape index (κ3) is 4.44. The first-order valence-corrected chi connectivity index (χ1v) is 9.97. The fraction of sp³-hybridized carbons (Fsp3) is 0.227. The molecule has 0 spiro atoms. The molecule has 1 aromatic heterocycles. The van der Waals surface area contributed by atoms with Crippen molar-refractivity contribution in [1.82, 2.24) is 4.98 Å². The average molecular weight is 391 g/mol. The number of nitriles is 1. The molecule has 142 valence electrons. The topological polar surface area (TPSA) is 75.0 Å². The van der Waals surface area contributed by atoms with E-state index >= 15 is 0 Å². The smallest absolute Gasteiger partial charge is 0.234 e. The van der Waals surface area contributed by atoms with Gasteiger partial charge in [0.2, 0.25) is 5.91 Å². The van der Waals surface area contributed by atoms with Crippen LogP contribution >= 0.6 is 11.8 Å². The van der Waals surface area contributed by atoms with Crippen LogP contribution in [0, 0.1) is 25.2 Å². The van der Waals surface area contributed by atoms with Crippen LogP contribution in [0.4, 0.5) is 5.69 Å². The Balaban J connectivity index is 1.73. The second kappa shape index (κ2) is 8.77. The first kappa shape index (κ1) is 19.7. The number of carbonyl (C=O) groups is 1. The molecule has 3 rings (SSSR count). The Labute approximate surface area is 168 Å². The number of nitrogens with one attached hydrogen (secondary N) is 1. The fourth-order valence-corrected chi connectivity index (χ4v) is 3.59. The highest BCUT2D eigenvalue weighted by Crippen LogP contribution is 2.28. The first-order valence-electron chi connectivity index (χ1n) is 8.98. The number of hydrogen-bond donors (Lipinski definition) is 1. The van der Waals surface area contributed by atoms with Crippen molar-refractivity contribution in [3.8, 4) is 11.8 Å². The lowest BCUT2D eigenvalue weighted by Gasteiger charge is -2.10. The van der Waals surface area contributed by atoms with Crippen molar-refractivity contribution in [3.63, 3.8) is 0 Å². The number of benzene rings is 2. The van der Waals surface area contributed by atoms with E-state index in [0.717, 1.165) is 27.8 Å². The summed E-state index contributed by atoms with van der Waals surface area (Å²) in [6.07, 6.45) is 0. The normalized spacial score (nSPS) is 10.5. The summed E-state index contributed by atoms with van der Waals surface area (Å²) in [5.41, 5.74) is 4.18. The number of hydrogen-bond acceptors (Lipinski definition) is 5. The van der Waals surface area contributed by atoms with Gasteiger partial charge < -0.3 is 10.1 Å². The van der Waals surface area contributed by atoms with E-state index in [-0.39, 0.29) is 11.7 Å². The van der Waals surface area contributed by atoms with Crippen LogP contribution in [0.25, 0.3) is 10.9 Å². The molecule has 6 heteroatoms.